The van der Waals surface area contributed by atoms with Crippen molar-refractivity contribution in [1.82, 2.24) is 15.0 Å². The highest BCUT2D eigenvalue weighted by Crippen LogP contribution is 2.33. The zero-order valence-corrected chi connectivity index (χ0v) is 19.6. The number of aryl methyl sites for hydroxylation is 2. The molecule has 1 saturated heterocycles. The van der Waals surface area contributed by atoms with Crippen LogP contribution in [0.5, 0.6) is 0 Å². The molecule has 1 aliphatic heterocycles. The second-order valence-electron chi connectivity index (χ2n) is 8.36. The van der Waals surface area contributed by atoms with E-state index in [1.165, 1.54) is 11.3 Å². The highest BCUT2D eigenvalue weighted by Gasteiger charge is 2.20. The number of fused-ring (bicyclic) bond motifs is 1. The zero-order chi connectivity index (χ0) is 22.8. The van der Waals surface area contributed by atoms with Crippen LogP contribution in [0.1, 0.15) is 21.7 Å². The summed E-state index contributed by atoms with van der Waals surface area (Å²) in [7, 11) is 0. The van der Waals surface area contributed by atoms with E-state index in [0.29, 0.717) is 10.8 Å². The molecule has 0 saturated carbocycles. The van der Waals surface area contributed by atoms with Gasteiger partial charge in [0.1, 0.15) is 5.69 Å². The fourth-order valence-electron chi connectivity index (χ4n) is 4.18. The number of carbonyl (C=O) groups excluding carboxylic acids is 1. The number of carbonyl (C=O) groups is 1. The predicted molar refractivity (Wildman–Crippen MR) is 129 cm³/mol. The van der Waals surface area contributed by atoms with E-state index in [1.54, 1.807) is 0 Å². The number of hydrogen-bond donors (Lipinski definition) is 1. The first kappa shape index (κ1) is 21.8. The minimum absolute atomic E-state index is 0.134. The number of ether oxygens (including phenoxy) is 1. The monoisotopic (exact) mass is 462 g/mol. The van der Waals surface area contributed by atoms with Gasteiger partial charge in [-0.25, -0.2) is 4.98 Å². The molecule has 1 N–H and O–H groups in total. The molecule has 2 aromatic heterocycles. The summed E-state index contributed by atoms with van der Waals surface area (Å²) in [5.41, 5.74) is 5.47. The average Bonchev–Trinajstić information content (AvgIpc) is 3.39. The lowest BCUT2D eigenvalue weighted by Crippen LogP contribution is -2.35. The van der Waals surface area contributed by atoms with Crippen LogP contribution < -0.4 is 5.32 Å². The molecule has 0 atom stereocenters. The number of anilines is 1. The smallest absolute Gasteiger partial charge is 0.232 e. The highest BCUT2D eigenvalue weighted by atomic mass is 32.1. The van der Waals surface area contributed by atoms with Crippen LogP contribution in [-0.4, -0.2) is 47.3 Å². The van der Waals surface area contributed by atoms with Gasteiger partial charge in [-0.3, -0.25) is 9.69 Å². The fraction of sp³-hybridized carbons (Fsp3) is 0.320. The molecular formula is C25H26N4O3S. The third-order valence-electron chi connectivity index (χ3n) is 5.77. The summed E-state index contributed by atoms with van der Waals surface area (Å²) in [6, 6.07) is 14.2. The Balaban J connectivity index is 1.37. The largest absolute Gasteiger partial charge is 0.379 e. The number of morpholine rings is 1. The van der Waals surface area contributed by atoms with E-state index in [2.05, 4.69) is 27.5 Å². The molecule has 1 aliphatic rings. The molecule has 1 fully saturated rings. The van der Waals surface area contributed by atoms with Crippen molar-refractivity contribution in [1.29, 1.82) is 0 Å². The lowest BCUT2D eigenvalue weighted by molar-refractivity contribution is -0.115. The van der Waals surface area contributed by atoms with Gasteiger partial charge in [-0.2, -0.15) is 0 Å². The van der Waals surface area contributed by atoms with Gasteiger partial charge < -0.3 is 14.6 Å². The van der Waals surface area contributed by atoms with Gasteiger partial charge in [-0.1, -0.05) is 52.9 Å². The molecule has 5 rings (SSSR count). The third-order valence-corrected chi connectivity index (χ3v) is 6.72. The molecule has 0 unspecified atom stereocenters. The van der Waals surface area contributed by atoms with Crippen molar-refractivity contribution >= 4 is 33.3 Å². The lowest BCUT2D eigenvalue weighted by atomic mass is 10.1. The van der Waals surface area contributed by atoms with Crippen LogP contribution in [-0.2, 0) is 22.5 Å². The van der Waals surface area contributed by atoms with E-state index < -0.39 is 0 Å². The normalized spacial score (nSPS) is 14.6. The summed E-state index contributed by atoms with van der Waals surface area (Å²) in [4.78, 5) is 21.2. The third kappa shape index (κ3) is 4.83. The van der Waals surface area contributed by atoms with Crippen LogP contribution in [0.4, 0.5) is 5.13 Å². The molecule has 2 aromatic carbocycles. The topological polar surface area (TPSA) is 80.5 Å². The highest BCUT2D eigenvalue weighted by molar-refractivity contribution is 7.16. The maximum absolute atomic E-state index is 12.9. The Hall–Kier alpha value is -3.07. The average molecular weight is 463 g/mol. The Morgan fingerprint density at radius 3 is 2.73 bits per heavy atom. The summed E-state index contributed by atoms with van der Waals surface area (Å²) < 4.78 is 11.0. The molecule has 0 radical (unpaired) electrons. The number of nitrogens with one attached hydrogen (secondary N) is 1. The molecule has 3 heterocycles. The standard InChI is InChI=1S/C25H26N4O3S/c1-16-12-17(2)24-19(13-16)20(28-32-24)14-22(30)26-25-27-23(18-6-4-3-5-7-18)21(33-25)15-29-8-10-31-11-9-29/h3-7,12-13H,8-11,14-15H2,1-2H3,(H,26,27,30). The number of nitrogens with zero attached hydrogens (tertiary/aromatic N) is 3. The van der Waals surface area contributed by atoms with Gasteiger partial charge in [-0.05, 0) is 31.0 Å². The minimum Gasteiger partial charge on any atom is -0.379 e. The number of thiazole rings is 1. The van der Waals surface area contributed by atoms with Gasteiger partial charge in [0.15, 0.2) is 10.7 Å². The van der Waals surface area contributed by atoms with E-state index in [1.807, 2.05) is 44.2 Å². The first-order valence-electron chi connectivity index (χ1n) is 11.1. The Morgan fingerprint density at radius 2 is 1.94 bits per heavy atom. The van der Waals surface area contributed by atoms with Crippen molar-refractivity contribution in [3.63, 3.8) is 0 Å². The SMILES string of the molecule is Cc1cc(C)c2onc(CC(=O)Nc3nc(-c4ccccc4)c(CN4CCOCC4)s3)c2c1. The number of aromatic nitrogens is 2. The van der Waals surface area contributed by atoms with E-state index in [4.69, 9.17) is 14.2 Å². The van der Waals surface area contributed by atoms with Crippen molar-refractivity contribution < 1.29 is 14.1 Å². The van der Waals surface area contributed by atoms with Crippen molar-refractivity contribution in [3.8, 4) is 11.3 Å². The van der Waals surface area contributed by atoms with Crippen LogP contribution in [0, 0.1) is 13.8 Å². The van der Waals surface area contributed by atoms with Gasteiger partial charge in [0.2, 0.25) is 5.91 Å². The Morgan fingerprint density at radius 1 is 1.15 bits per heavy atom. The molecule has 8 heteroatoms. The maximum Gasteiger partial charge on any atom is 0.232 e. The zero-order valence-electron chi connectivity index (χ0n) is 18.8. The van der Waals surface area contributed by atoms with Crippen molar-refractivity contribution in [2.24, 2.45) is 0 Å². The summed E-state index contributed by atoms with van der Waals surface area (Å²) in [5, 5.41) is 8.63. The predicted octanol–water partition coefficient (Wildman–Crippen LogP) is 4.58. The van der Waals surface area contributed by atoms with Crippen LogP contribution in [0.25, 0.3) is 22.2 Å². The molecule has 33 heavy (non-hydrogen) atoms. The number of rotatable bonds is 6. The van der Waals surface area contributed by atoms with E-state index in [-0.39, 0.29) is 12.3 Å². The van der Waals surface area contributed by atoms with Crippen molar-refractivity contribution in [2.75, 3.05) is 31.6 Å². The summed E-state index contributed by atoms with van der Waals surface area (Å²) in [6.45, 7) is 8.08. The molecule has 170 valence electrons. The van der Waals surface area contributed by atoms with Crippen molar-refractivity contribution in [2.45, 2.75) is 26.8 Å². The minimum atomic E-state index is -0.157. The van der Waals surface area contributed by atoms with Crippen LogP contribution in [0.15, 0.2) is 47.0 Å². The second-order valence-corrected chi connectivity index (χ2v) is 9.44. The Kier molecular flexibility index (Phi) is 6.22. The molecule has 0 aliphatic carbocycles. The number of benzene rings is 2. The van der Waals surface area contributed by atoms with Gasteiger partial charge in [0.25, 0.3) is 0 Å². The van der Waals surface area contributed by atoms with Crippen LogP contribution in [0.3, 0.4) is 0 Å². The van der Waals surface area contributed by atoms with Crippen LogP contribution in [0.2, 0.25) is 0 Å². The fourth-order valence-corrected chi connectivity index (χ4v) is 5.22. The Labute approximate surface area is 196 Å². The molecule has 1 amide bonds. The number of hydrogen-bond acceptors (Lipinski definition) is 7. The summed E-state index contributed by atoms with van der Waals surface area (Å²) in [5.74, 6) is -0.157. The van der Waals surface area contributed by atoms with Crippen LogP contribution >= 0.6 is 11.3 Å². The van der Waals surface area contributed by atoms with Gasteiger partial charge in [-0.15, -0.1) is 0 Å². The lowest BCUT2D eigenvalue weighted by Gasteiger charge is -2.26. The molecular weight excluding hydrogens is 436 g/mol. The molecule has 0 spiro atoms. The quantitative estimate of drug-likeness (QED) is 0.452. The summed E-state index contributed by atoms with van der Waals surface area (Å²) in [6.07, 6.45) is 0.134. The van der Waals surface area contributed by atoms with Crippen molar-refractivity contribution in [3.05, 3.63) is 64.2 Å². The Bertz CT molecular complexity index is 1280. The molecule has 7 nitrogen and oxygen atoms in total. The molecule has 0 bridgehead atoms. The summed E-state index contributed by atoms with van der Waals surface area (Å²) >= 11 is 1.53. The molecule has 4 aromatic rings. The van der Waals surface area contributed by atoms with Gasteiger partial charge >= 0.3 is 0 Å². The van der Waals surface area contributed by atoms with E-state index in [9.17, 15) is 4.79 Å². The number of amides is 1. The van der Waals surface area contributed by atoms with E-state index >= 15 is 0 Å². The second kappa shape index (κ2) is 9.43. The first-order valence-corrected chi connectivity index (χ1v) is 11.9. The van der Waals surface area contributed by atoms with E-state index in [0.717, 1.165) is 71.1 Å². The van der Waals surface area contributed by atoms with Gasteiger partial charge in [0.05, 0.1) is 25.3 Å². The van der Waals surface area contributed by atoms with Gasteiger partial charge in [0, 0.05) is 35.5 Å². The maximum atomic E-state index is 12.9. The first-order chi connectivity index (χ1) is 16.1.